The Bertz CT molecular complexity index is 333. The van der Waals surface area contributed by atoms with Gasteiger partial charge < -0.3 is 10.1 Å². The summed E-state index contributed by atoms with van der Waals surface area (Å²) in [7, 11) is 0. The molecule has 0 aromatic heterocycles. The average molecular weight is 219 g/mol. The molecule has 0 radical (unpaired) electrons. The highest BCUT2D eigenvalue weighted by Crippen LogP contribution is 2.18. The number of nitrogens with one attached hydrogen (secondary N) is 1. The van der Waals surface area contributed by atoms with Gasteiger partial charge in [0.2, 0.25) is 5.91 Å². The van der Waals surface area contributed by atoms with Gasteiger partial charge in [-0.1, -0.05) is 18.2 Å². The number of benzene rings is 1. The zero-order chi connectivity index (χ0) is 11.2. The van der Waals surface area contributed by atoms with Crippen molar-refractivity contribution in [3.63, 3.8) is 0 Å². The molecule has 1 aromatic carbocycles. The van der Waals surface area contributed by atoms with Crippen LogP contribution in [0.15, 0.2) is 30.3 Å². The number of hydrogen-bond acceptors (Lipinski definition) is 2. The van der Waals surface area contributed by atoms with Crippen LogP contribution in [0.3, 0.4) is 0 Å². The van der Waals surface area contributed by atoms with Gasteiger partial charge in [-0.15, -0.1) is 0 Å². The summed E-state index contributed by atoms with van der Waals surface area (Å²) in [5, 5.41) is 2.96. The van der Waals surface area contributed by atoms with E-state index >= 15 is 0 Å². The van der Waals surface area contributed by atoms with Gasteiger partial charge >= 0.3 is 0 Å². The Morgan fingerprint density at radius 2 is 2.06 bits per heavy atom. The number of hydrogen-bond donors (Lipinski definition) is 1. The van der Waals surface area contributed by atoms with Gasteiger partial charge in [-0.3, -0.25) is 4.79 Å². The van der Waals surface area contributed by atoms with E-state index in [9.17, 15) is 4.79 Å². The molecule has 0 heterocycles. The van der Waals surface area contributed by atoms with Crippen LogP contribution in [0, 0.1) is 0 Å². The monoisotopic (exact) mass is 219 g/mol. The lowest BCUT2D eigenvalue weighted by atomic mass is 10.3. The molecule has 3 nitrogen and oxygen atoms in total. The van der Waals surface area contributed by atoms with Crippen molar-refractivity contribution in [2.24, 2.45) is 0 Å². The van der Waals surface area contributed by atoms with Crippen molar-refractivity contribution in [3.05, 3.63) is 30.3 Å². The van der Waals surface area contributed by atoms with E-state index < -0.39 is 0 Å². The van der Waals surface area contributed by atoms with E-state index in [1.807, 2.05) is 30.3 Å². The third kappa shape index (κ3) is 3.93. The maximum atomic E-state index is 11.3. The SMILES string of the molecule is O=C(CCCOc1ccccc1)NC1CC1. The van der Waals surface area contributed by atoms with Crippen LogP contribution in [0.2, 0.25) is 0 Å². The second-order valence-corrected chi connectivity index (χ2v) is 4.11. The summed E-state index contributed by atoms with van der Waals surface area (Å²) in [6.07, 6.45) is 3.62. The van der Waals surface area contributed by atoms with Crippen molar-refractivity contribution in [1.82, 2.24) is 5.32 Å². The Kier molecular flexibility index (Phi) is 3.81. The van der Waals surface area contributed by atoms with E-state index in [-0.39, 0.29) is 5.91 Å². The number of ether oxygens (including phenoxy) is 1. The summed E-state index contributed by atoms with van der Waals surface area (Å²) in [5.41, 5.74) is 0. The fourth-order valence-corrected chi connectivity index (χ4v) is 1.47. The Morgan fingerprint density at radius 3 is 2.75 bits per heavy atom. The standard InChI is InChI=1S/C13H17NO2/c15-13(14-11-8-9-11)7-4-10-16-12-5-2-1-3-6-12/h1-3,5-6,11H,4,7-10H2,(H,14,15). The van der Waals surface area contributed by atoms with Crippen molar-refractivity contribution < 1.29 is 9.53 Å². The summed E-state index contributed by atoms with van der Waals surface area (Å²) < 4.78 is 5.50. The van der Waals surface area contributed by atoms with Crippen molar-refractivity contribution in [3.8, 4) is 5.75 Å². The first-order valence-corrected chi connectivity index (χ1v) is 5.82. The van der Waals surface area contributed by atoms with Gasteiger partial charge in [-0.2, -0.15) is 0 Å². The van der Waals surface area contributed by atoms with E-state index in [1.54, 1.807) is 0 Å². The van der Waals surface area contributed by atoms with Crippen LogP contribution in [0.4, 0.5) is 0 Å². The van der Waals surface area contributed by atoms with Crippen LogP contribution in [0.5, 0.6) is 5.75 Å². The van der Waals surface area contributed by atoms with Gasteiger partial charge in [0.25, 0.3) is 0 Å². The van der Waals surface area contributed by atoms with E-state index in [2.05, 4.69) is 5.32 Å². The number of para-hydroxylation sites is 1. The van der Waals surface area contributed by atoms with E-state index in [0.29, 0.717) is 19.1 Å². The molecule has 1 N–H and O–H groups in total. The second-order valence-electron chi connectivity index (χ2n) is 4.11. The zero-order valence-corrected chi connectivity index (χ0v) is 9.32. The lowest BCUT2D eigenvalue weighted by Crippen LogP contribution is -2.25. The van der Waals surface area contributed by atoms with Crippen molar-refractivity contribution in [2.45, 2.75) is 31.7 Å². The maximum Gasteiger partial charge on any atom is 0.220 e. The predicted molar refractivity (Wildman–Crippen MR) is 62.3 cm³/mol. The van der Waals surface area contributed by atoms with Crippen molar-refractivity contribution in [2.75, 3.05) is 6.61 Å². The van der Waals surface area contributed by atoms with Gasteiger partial charge in [0.15, 0.2) is 0 Å². The topological polar surface area (TPSA) is 38.3 Å². The second kappa shape index (κ2) is 5.54. The molecule has 0 aliphatic heterocycles. The fourth-order valence-electron chi connectivity index (χ4n) is 1.47. The first kappa shape index (κ1) is 11.0. The Hall–Kier alpha value is -1.51. The molecule has 2 rings (SSSR count). The molecule has 1 aliphatic rings. The van der Waals surface area contributed by atoms with Crippen molar-refractivity contribution in [1.29, 1.82) is 0 Å². The fraction of sp³-hybridized carbons (Fsp3) is 0.462. The Morgan fingerprint density at radius 1 is 1.31 bits per heavy atom. The quantitative estimate of drug-likeness (QED) is 0.744. The molecule has 3 heteroatoms. The van der Waals surface area contributed by atoms with Crippen LogP contribution in [-0.4, -0.2) is 18.6 Å². The Balaban J connectivity index is 1.56. The number of carbonyl (C=O) groups excluding carboxylic acids is 1. The third-order valence-electron chi connectivity index (χ3n) is 2.50. The summed E-state index contributed by atoms with van der Waals surface area (Å²) >= 11 is 0. The summed E-state index contributed by atoms with van der Waals surface area (Å²) in [6, 6.07) is 10.1. The zero-order valence-electron chi connectivity index (χ0n) is 9.32. The molecule has 16 heavy (non-hydrogen) atoms. The minimum Gasteiger partial charge on any atom is -0.494 e. The molecule has 1 amide bonds. The minimum atomic E-state index is 0.152. The van der Waals surface area contributed by atoms with E-state index in [0.717, 1.165) is 25.0 Å². The smallest absolute Gasteiger partial charge is 0.220 e. The minimum absolute atomic E-state index is 0.152. The molecule has 0 atom stereocenters. The highest BCUT2D eigenvalue weighted by molar-refractivity contribution is 5.76. The number of carbonyl (C=O) groups is 1. The Labute approximate surface area is 95.8 Å². The maximum absolute atomic E-state index is 11.3. The van der Waals surface area contributed by atoms with Crippen molar-refractivity contribution >= 4 is 5.91 Å². The molecule has 1 saturated carbocycles. The molecule has 0 unspecified atom stereocenters. The third-order valence-corrected chi connectivity index (χ3v) is 2.50. The van der Waals surface area contributed by atoms with Crippen LogP contribution < -0.4 is 10.1 Å². The first-order chi connectivity index (χ1) is 7.84. The lowest BCUT2D eigenvalue weighted by Gasteiger charge is -2.06. The number of rotatable bonds is 6. The highest BCUT2D eigenvalue weighted by atomic mass is 16.5. The summed E-state index contributed by atoms with van der Waals surface area (Å²) in [6.45, 7) is 0.599. The highest BCUT2D eigenvalue weighted by Gasteiger charge is 2.22. The summed E-state index contributed by atoms with van der Waals surface area (Å²) in [5.74, 6) is 1.02. The molecule has 0 saturated heterocycles. The lowest BCUT2D eigenvalue weighted by molar-refractivity contribution is -0.121. The molecule has 1 aliphatic carbocycles. The summed E-state index contributed by atoms with van der Waals surface area (Å²) in [4.78, 5) is 11.3. The van der Waals surface area contributed by atoms with Gasteiger partial charge in [0.05, 0.1) is 6.61 Å². The van der Waals surface area contributed by atoms with Gasteiger partial charge in [-0.25, -0.2) is 0 Å². The molecule has 1 fully saturated rings. The van der Waals surface area contributed by atoms with E-state index in [1.165, 1.54) is 0 Å². The molecule has 1 aromatic rings. The van der Waals surface area contributed by atoms with Crippen LogP contribution >= 0.6 is 0 Å². The predicted octanol–water partition coefficient (Wildman–Crippen LogP) is 2.12. The molecular formula is C13H17NO2. The molecule has 0 bridgehead atoms. The van der Waals surface area contributed by atoms with E-state index in [4.69, 9.17) is 4.74 Å². The van der Waals surface area contributed by atoms with Crippen LogP contribution in [0.1, 0.15) is 25.7 Å². The first-order valence-electron chi connectivity index (χ1n) is 5.82. The van der Waals surface area contributed by atoms with Gasteiger partial charge in [-0.05, 0) is 31.4 Å². The molecule has 86 valence electrons. The van der Waals surface area contributed by atoms with Gasteiger partial charge in [0, 0.05) is 12.5 Å². The normalized spacial score (nSPS) is 14.5. The largest absolute Gasteiger partial charge is 0.494 e. The average Bonchev–Trinajstić information content (AvgIpc) is 3.10. The van der Waals surface area contributed by atoms with Crippen LogP contribution in [0.25, 0.3) is 0 Å². The molecular weight excluding hydrogens is 202 g/mol. The van der Waals surface area contributed by atoms with Gasteiger partial charge in [0.1, 0.15) is 5.75 Å². The number of amides is 1. The molecule has 0 spiro atoms. The van der Waals surface area contributed by atoms with Crippen LogP contribution in [-0.2, 0) is 4.79 Å².